The standard InChI is InChI=1S/C24BF20.C11H10FN2/c26-5-1(6(27)14(35)21(42)13(5)34)25(2-7(28)15(36)22(43)16(37)8(2)29,3-9(30)17(38)23(44)18(39)10(3)31)4-11(32)19(40)24(45)20(41)12(4)33;12-11-4-2-1-3-10(11)9-14-7-5-13-6-8-14/h;1-8H,9H2/q-1;+1. The van der Waals surface area contributed by atoms with Crippen LogP contribution >= 0.6 is 0 Å². The molecule has 1 heterocycles. The third kappa shape index (κ3) is 6.86. The Morgan fingerprint density at radius 3 is 0.831 bits per heavy atom. The van der Waals surface area contributed by atoms with E-state index in [4.69, 9.17) is 0 Å². The highest BCUT2D eigenvalue weighted by molar-refractivity contribution is 7.20. The van der Waals surface area contributed by atoms with Gasteiger partial charge in [0.05, 0.1) is 18.0 Å². The third-order valence-electron chi connectivity index (χ3n) is 8.71. The van der Waals surface area contributed by atoms with E-state index >= 15 is 35.1 Å². The Labute approximate surface area is 313 Å². The maximum absolute atomic E-state index is 15.4. The highest BCUT2D eigenvalue weighted by Gasteiger charge is 2.52. The zero-order valence-corrected chi connectivity index (χ0v) is 27.7. The number of hydrogen-bond donors (Lipinski definition) is 0. The number of halogens is 21. The molecule has 24 heteroatoms. The summed E-state index contributed by atoms with van der Waals surface area (Å²) in [7, 11) is 0. The van der Waals surface area contributed by atoms with Crippen molar-refractivity contribution in [2.75, 3.05) is 0 Å². The van der Waals surface area contributed by atoms with Crippen LogP contribution < -0.4 is 26.4 Å². The van der Waals surface area contributed by atoms with Crippen molar-refractivity contribution in [3.63, 3.8) is 0 Å². The van der Waals surface area contributed by atoms with E-state index in [0.717, 1.165) is 0 Å². The van der Waals surface area contributed by atoms with Gasteiger partial charge in [0, 0.05) is 0 Å². The van der Waals surface area contributed by atoms with Crippen molar-refractivity contribution in [2.45, 2.75) is 6.54 Å². The Morgan fingerprint density at radius 2 is 0.576 bits per heavy atom. The number of benzene rings is 5. The molecule has 0 N–H and O–H groups in total. The first kappa shape index (κ1) is 43.9. The van der Waals surface area contributed by atoms with Crippen LogP contribution in [0.3, 0.4) is 0 Å². The molecule has 6 aromatic rings. The van der Waals surface area contributed by atoms with Crippen LogP contribution in [0.4, 0.5) is 92.2 Å². The first-order chi connectivity index (χ1) is 27.6. The molecule has 0 amide bonds. The van der Waals surface area contributed by atoms with Crippen LogP contribution in [0, 0.1) is 122 Å². The summed E-state index contributed by atoms with van der Waals surface area (Å²) in [6.45, 7) is 0.537. The number of rotatable bonds is 6. The van der Waals surface area contributed by atoms with Gasteiger partial charge < -0.3 is 0 Å². The molecule has 0 spiro atoms. The Balaban J connectivity index is 0.000000395. The molecule has 0 radical (unpaired) electrons. The lowest BCUT2D eigenvalue weighted by Gasteiger charge is -2.44. The van der Waals surface area contributed by atoms with Crippen LogP contribution in [0.1, 0.15) is 5.56 Å². The Bertz CT molecular complexity index is 2280. The molecule has 0 bridgehead atoms. The Kier molecular flexibility index (Phi) is 12.1. The molecule has 0 aliphatic carbocycles. The van der Waals surface area contributed by atoms with Gasteiger partial charge in [-0.15, -0.1) is 21.9 Å². The van der Waals surface area contributed by atoms with Gasteiger partial charge in [-0.05, 0) is 12.1 Å². The minimum absolute atomic E-state index is 0.170. The molecule has 0 unspecified atom stereocenters. The topological polar surface area (TPSA) is 16.8 Å². The molecule has 59 heavy (non-hydrogen) atoms. The summed E-state index contributed by atoms with van der Waals surface area (Å²) in [5.41, 5.74) is -13.6. The summed E-state index contributed by atoms with van der Waals surface area (Å²) in [5.74, 6) is -71.6. The van der Waals surface area contributed by atoms with Crippen LogP contribution in [0.2, 0.25) is 0 Å². The van der Waals surface area contributed by atoms with Crippen molar-refractivity contribution in [1.82, 2.24) is 4.98 Å². The molecular weight excluding hydrogens is 858 g/mol. The van der Waals surface area contributed by atoms with E-state index in [0.29, 0.717) is 12.1 Å². The second-order valence-electron chi connectivity index (χ2n) is 11.8. The average molecular weight is 868 g/mol. The van der Waals surface area contributed by atoms with E-state index < -0.39 is 144 Å². The van der Waals surface area contributed by atoms with E-state index in [2.05, 4.69) is 4.98 Å². The number of nitrogens with zero attached hydrogens (tertiary/aromatic N) is 2. The maximum Gasteiger partial charge on any atom is 0.200 e. The van der Waals surface area contributed by atoms with Gasteiger partial charge in [0.1, 0.15) is 58.5 Å². The summed E-state index contributed by atoms with van der Waals surface area (Å²) in [5, 5.41) is 0. The van der Waals surface area contributed by atoms with Crippen molar-refractivity contribution >= 4 is 28.0 Å². The highest BCUT2D eigenvalue weighted by Crippen LogP contribution is 2.30. The molecular formula is C35H10BF21N2. The van der Waals surface area contributed by atoms with Gasteiger partial charge in [0.15, 0.2) is 88.7 Å². The van der Waals surface area contributed by atoms with Crippen LogP contribution in [-0.2, 0) is 6.54 Å². The first-order valence-corrected chi connectivity index (χ1v) is 15.3. The normalized spacial score (nSPS) is 11.5. The number of hydrogen-bond acceptors (Lipinski definition) is 1. The van der Waals surface area contributed by atoms with E-state index in [1.54, 1.807) is 24.5 Å². The third-order valence-corrected chi connectivity index (χ3v) is 8.71. The minimum atomic E-state index is -7.22. The monoisotopic (exact) mass is 868 g/mol. The molecule has 1 aromatic heterocycles. The fourth-order valence-corrected chi connectivity index (χ4v) is 6.15. The van der Waals surface area contributed by atoms with Gasteiger partial charge in [0.2, 0.25) is 0 Å². The van der Waals surface area contributed by atoms with Crippen LogP contribution in [0.15, 0.2) is 49.1 Å². The lowest BCUT2D eigenvalue weighted by Crippen LogP contribution is -2.81. The first-order valence-electron chi connectivity index (χ1n) is 15.3. The van der Waals surface area contributed by atoms with Gasteiger partial charge >= 0.3 is 0 Å². The SMILES string of the molecule is Fc1c(F)c(F)c([B-](c2c(F)c(F)c(F)c(F)c2F)(c2c(F)c(F)c(F)c(F)c2F)c2c(F)c(F)c(F)c(F)c2F)c(F)c1F.Fc1ccccc1C[n+]1ccncc1. The van der Waals surface area contributed by atoms with E-state index in [1.165, 1.54) is 6.07 Å². The summed E-state index contributed by atoms with van der Waals surface area (Å²) < 4.78 is 309. The summed E-state index contributed by atoms with van der Waals surface area (Å²) in [6, 6.07) is 6.77. The van der Waals surface area contributed by atoms with Crippen molar-refractivity contribution < 1.29 is 96.8 Å². The van der Waals surface area contributed by atoms with Crippen molar-refractivity contribution in [1.29, 1.82) is 0 Å². The van der Waals surface area contributed by atoms with Gasteiger partial charge in [0.25, 0.3) is 0 Å². The van der Waals surface area contributed by atoms with E-state index in [9.17, 15) is 57.1 Å². The van der Waals surface area contributed by atoms with Crippen LogP contribution in [0.5, 0.6) is 0 Å². The second-order valence-corrected chi connectivity index (χ2v) is 11.8. The predicted octanol–water partition coefficient (Wildman–Crippen LogP) is 7.40. The van der Waals surface area contributed by atoms with Crippen molar-refractivity contribution in [3.05, 3.63) is 177 Å². The number of aromatic nitrogens is 2. The van der Waals surface area contributed by atoms with Gasteiger partial charge in [-0.2, -0.15) is 4.57 Å². The molecule has 6 rings (SSSR count). The van der Waals surface area contributed by atoms with E-state index in [-0.39, 0.29) is 5.82 Å². The minimum Gasteiger partial charge on any atom is -0.252 e. The second kappa shape index (κ2) is 16.2. The summed E-state index contributed by atoms with van der Waals surface area (Å²) in [6.07, 6.45) is -0.230. The predicted molar refractivity (Wildman–Crippen MR) is 159 cm³/mol. The van der Waals surface area contributed by atoms with Gasteiger partial charge in [-0.3, -0.25) is 4.98 Å². The molecule has 0 saturated carbocycles. The lowest BCUT2D eigenvalue weighted by atomic mass is 9.12. The summed E-state index contributed by atoms with van der Waals surface area (Å²) >= 11 is 0. The Hall–Kier alpha value is -6.23. The van der Waals surface area contributed by atoms with Crippen molar-refractivity contribution in [2.24, 2.45) is 0 Å². The molecule has 0 aliphatic rings. The fourth-order valence-electron chi connectivity index (χ4n) is 6.15. The fraction of sp³-hybridized carbons (Fsp3) is 0.0286. The Morgan fingerprint density at radius 1 is 0.339 bits per heavy atom. The zero-order valence-electron chi connectivity index (χ0n) is 27.7. The molecule has 310 valence electrons. The van der Waals surface area contributed by atoms with Gasteiger partial charge in [-0.1, -0.05) is 12.1 Å². The van der Waals surface area contributed by atoms with Crippen LogP contribution in [0.25, 0.3) is 0 Å². The average Bonchev–Trinajstić information content (AvgIpc) is 3.22. The largest absolute Gasteiger partial charge is 0.252 e. The molecule has 0 saturated heterocycles. The quantitative estimate of drug-likeness (QED) is 0.0561. The maximum atomic E-state index is 15.4. The highest BCUT2D eigenvalue weighted by atomic mass is 19.2. The molecule has 5 aromatic carbocycles. The molecule has 0 atom stereocenters. The smallest absolute Gasteiger partial charge is 0.200 e. The van der Waals surface area contributed by atoms with E-state index in [1.807, 2.05) is 23.0 Å². The van der Waals surface area contributed by atoms with Crippen molar-refractivity contribution in [3.8, 4) is 0 Å². The van der Waals surface area contributed by atoms with Crippen LogP contribution in [-0.4, -0.2) is 11.1 Å². The van der Waals surface area contributed by atoms with Gasteiger partial charge in [-0.25, -0.2) is 92.2 Å². The lowest BCUT2D eigenvalue weighted by molar-refractivity contribution is -0.689. The zero-order chi connectivity index (χ0) is 44.2. The molecule has 2 nitrogen and oxygen atoms in total. The summed E-state index contributed by atoms with van der Waals surface area (Å²) in [4.78, 5) is 3.89. The molecule has 0 aliphatic heterocycles. The molecule has 0 fully saturated rings.